The monoisotopic (exact) mass is 285 g/mol. The second-order valence-electron chi connectivity index (χ2n) is 6.04. The van der Waals surface area contributed by atoms with E-state index in [1.165, 1.54) is 19.3 Å². The molecule has 5 nitrogen and oxygen atoms in total. The lowest BCUT2D eigenvalue weighted by molar-refractivity contribution is 0.109. The zero-order chi connectivity index (χ0) is 14.8. The molecule has 5 heteroatoms. The molecule has 1 saturated heterocycles. The van der Waals surface area contributed by atoms with Gasteiger partial charge in [-0.15, -0.1) is 0 Å². The molecular weight excluding hydrogens is 262 g/mol. The van der Waals surface area contributed by atoms with Crippen LogP contribution in [0.4, 0.5) is 0 Å². The molecule has 2 aromatic heterocycles. The van der Waals surface area contributed by atoms with Gasteiger partial charge in [0.25, 0.3) is 0 Å². The van der Waals surface area contributed by atoms with Gasteiger partial charge in [0, 0.05) is 12.2 Å². The van der Waals surface area contributed by atoms with Crippen molar-refractivity contribution in [3.63, 3.8) is 0 Å². The molecule has 1 N–H and O–H groups in total. The summed E-state index contributed by atoms with van der Waals surface area (Å²) in [4.78, 5) is 11.8. The second kappa shape index (κ2) is 5.93. The zero-order valence-corrected chi connectivity index (χ0v) is 13.0. The first kappa shape index (κ1) is 14.2. The van der Waals surface area contributed by atoms with Crippen LogP contribution >= 0.6 is 0 Å². The van der Waals surface area contributed by atoms with Gasteiger partial charge in [0.1, 0.15) is 5.82 Å². The maximum atomic E-state index is 4.71. The fourth-order valence-corrected chi connectivity index (χ4v) is 3.19. The summed E-state index contributed by atoms with van der Waals surface area (Å²) in [5.41, 5.74) is 3.03. The van der Waals surface area contributed by atoms with Crippen molar-refractivity contribution in [3.8, 4) is 11.4 Å². The van der Waals surface area contributed by atoms with E-state index >= 15 is 0 Å². The van der Waals surface area contributed by atoms with Crippen molar-refractivity contribution in [2.24, 2.45) is 0 Å². The molecule has 0 aromatic carbocycles. The lowest BCUT2D eigenvalue weighted by Crippen LogP contribution is -2.39. The Morgan fingerprint density at radius 2 is 2.14 bits per heavy atom. The summed E-state index contributed by atoms with van der Waals surface area (Å²) >= 11 is 0. The van der Waals surface area contributed by atoms with Gasteiger partial charge in [-0.05, 0) is 52.3 Å². The summed E-state index contributed by atoms with van der Waals surface area (Å²) in [7, 11) is 0. The number of nitrogens with one attached hydrogen (secondary N) is 1. The van der Waals surface area contributed by atoms with Crippen molar-refractivity contribution in [1.82, 2.24) is 25.1 Å². The number of aromatic amines is 1. The van der Waals surface area contributed by atoms with Crippen LogP contribution in [0.3, 0.4) is 0 Å². The number of hydrogen-bond donors (Lipinski definition) is 1. The predicted molar refractivity (Wildman–Crippen MR) is 82.8 cm³/mol. The molecule has 3 heterocycles. The van der Waals surface area contributed by atoms with E-state index in [2.05, 4.69) is 40.0 Å². The third-order valence-electron chi connectivity index (χ3n) is 4.18. The number of aromatic nitrogens is 4. The molecule has 1 aliphatic heterocycles. The molecular formula is C16H23N5. The molecule has 0 unspecified atom stereocenters. The Balaban J connectivity index is 1.97. The highest BCUT2D eigenvalue weighted by atomic mass is 15.2. The van der Waals surface area contributed by atoms with E-state index in [1.807, 2.05) is 13.0 Å². The van der Waals surface area contributed by atoms with Crippen molar-refractivity contribution in [1.29, 1.82) is 0 Å². The minimum absolute atomic E-state index is 0.405. The maximum Gasteiger partial charge on any atom is 0.126 e. The van der Waals surface area contributed by atoms with Crippen molar-refractivity contribution >= 4 is 0 Å². The number of hydrogen-bond acceptors (Lipinski definition) is 4. The summed E-state index contributed by atoms with van der Waals surface area (Å²) in [6.45, 7) is 7.65. The van der Waals surface area contributed by atoms with Crippen LogP contribution in [0.5, 0.6) is 0 Å². The van der Waals surface area contributed by atoms with Gasteiger partial charge in [-0.2, -0.15) is 5.10 Å². The van der Waals surface area contributed by atoms with Gasteiger partial charge >= 0.3 is 0 Å². The van der Waals surface area contributed by atoms with Gasteiger partial charge < -0.3 is 0 Å². The Morgan fingerprint density at radius 1 is 1.29 bits per heavy atom. The first-order valence-corrected chi connectivity index (χ1v) is 7.76. The summed E-state index contributed by atoms with van der Waals surface area (Å²) in [5.74, 6) is 0.825. The summed E-state index contributed by atoms with van der Waals surface area (Å²) in [6, 6.07) is 5.02. The Hall–Kier alpha value is -1.75. The maximum absolute atomic E-state index is 4.71. The van der Waals surface area contributed by atoms with Crippen LogP contribution in [0, 0.1) is 6.92 Å². The molecule has 1 fully saturated rings. The fraction of sp³-hybridized carbons (Fsp3) is 0.562. The fourth-order valence-electron chi connectivity index (χ4n) is 3.19. The second-order valence-corrected chi connectivity index (χ2v) is 6.04. The van der Waals surface area contributed by atoms with E-state index in [4.69, 9.17) is 4.98 Å². The smallest absolute Gasteiger partial charge is 0.126 e. The highest BCUT2D eigenvalue weighted by Crippen LogP contribution is 2.32. The average molecular weight is 285 g/mol. The van der Waals surface area contributed by atoms with Gasteiger partial charge in [-0.25, -0.2) is 9.97 Å². The Morgan fingerprint density at radius 3 is 2.86 bits per heavy atom. The van der Waals surface area contributed by atoms with Gasteiger partial charge in [0.15, 0.2) is 0 Å². The lowest BCUT2D eigenvalue weighted by atomic mass is 9.97. The molecule has 1 atom stereocenters. The minimum atomic E-state index is 0.405. The van der Waals surface area contributed by atoms with Crippen molar-refractivity contribution < 1.29 is 0 Å². The highest BCUT2D eigenvalue weighted by molar-refractivity contribution is 5.53. The van der Waals surface area contributed by atoms with E-state index in [0.717, 1.165) is 29.5 Å². The molecule has 0 bridgehead atoms. The number of aryl methyl sites for hydroxylation is 1. The summed E-state index contributed by atoms with van der Waals surface area (Å²) < 4.78 is 0. The number of nitrogens with zero attached hydrogens (tertiary/aromatic N) is 4. The molecule has 21 heavy (non-hydrogen) atoms. The van der Waals surface area contributed by atoms with Crippen LogP contribution in [0.25, 0.3) is 11.4 Å². The van der Waals surface area contributed by atoms with Gasteiger partial charge in [-0.1, -0.05) is 6.42 Å². The van der Waals surface area contributed by atoms with Crippen LogP contribution in [0.15, 0.2) is 18.3 Å². The zero-order valence-electron chi connectivity index (χ0n) is 13.0. The largest absolute Gasteiger partial charge is 0.292 e. The van der Waals surface area contributed by atoms with Crippen molar-refractivity contribution in [2.45, 2.75) is 52.1 Å². The van der Waals surface area contributed by atoms with Crippen molar-refractivity contribution in [3.05, 3.63) is 29.8 Å². The Bertz CT molecular complexity index is 591. The topological polar surface area (TPSA) is 57.7 Å². The molecule has 0 aliphatic carbocycles. The van der Waals surface area contributed by atoms with Gasteiger partial charge in [-0.3, -0.25) is 10.00 Å². The van der Waals surface area contributed by atoms with E-state index in [0.29, 0.717) is 12.1 Å². The van der Waals surface area contributed by atoms with Gasteiger partial charge in [0.2, 0.25) is 0 Å². The Kier molecular flexibility index (Phi) is 4.01. The minimum Gasteiger partial charge on any atom is -0.292 e. The summed E-state index contributed by atoms with van der Waals surface area (Å²) in [6.07, 6.45) is 5.49. The number of rotatable bonds is 3. The number of likely N-dealkylation sites (tertiary alicyclic amines) is 1. The SMILES string of the molecule is Cc1nc(-c2ccn[nH]2)cc([C@@H]2CCCCN2C(C)C)n1. The predicted octanol–water partition coefficient (Wildman–Crippen LogP) is 3.11. The third kappa shape index (κ3) is 2.97. The van der Waals surface area contributed by atoms with Crippen LogP contribution in [-0.4, -0.2) is 37.7 Å². The lowest BCUT2D eigenvalue weighted by Gasteiger charge is -2.38. The highest BCUT2D eigenvalue weighted by Gasteiger charge is 2.27. The first-order chi connectivity index (χ1) is 10.1. The quantitative estimate of drug-likeness (QED) is 0.941. The van der Waals surface area contributed by atoms with E-state index in [9.17, 15) is 0 Å². The molecule has 0 radical (unpaired) electrons. The molecule has 112 valence electrons. The molecule has 0 saturated carbocycles. The van der Waals surface area contributed by atoms with E-state index in [1.54, 1.807) is 6.20 Å². The summed E-state index contributed by atoms with van der Waals surface area (Å²) in [5, 5.41) is 7.01. The average Bonchev–Trinajstić information content (AvgIpc) is 3.01. The van der Waals surface area contributed by atoms with E-state index < -0.39 is 0 Å². The first-order valence-electron chi connectivity index (χ1n) is 7.76. The Labute approximate surface area is 125 Å². The number of H-pyrrole nitrogens is 1. The van der Waals surface area contributed by atoms with Crippen LogP contribution in [0.1, 0.15) is 50.7 Å². The molecule has 3 rings (SSSR count). The molecule has 0 spiro atoms. The number of piperidine rings is 1. The molecule has 2 aromatic rings. The van der Waals surface area contributed by atoms with Crippen molar-refractivity contribution in [2.75, 3.05) is 6.54 Å². The molecule has 0 amide bonds. The molecule has 1 aliphatic rings. The third-order valence-corrected chi connectivity index (χ3v) is 4.18. The van der Waals surface area contributed by atoms with Crippen LogP contribution in [0.2, 0.25) is 0 Å². The van der Waals surface area contributed by atoms with Gasteiger partial charge in [0.05, 0.1) is 23.1 Å². The standard InChI is InChI=1S/C16H23N5/c1-11(2)21-9-5-4-6-16(21)15-10-14(18-12(3)19-15)13-7-8-17-20-13/h7-8,10-11,16H,4-6,9H2,1-3H3,(H,17,20)/t16-/m0/s1. The van der Waals surface area contributed by atoms with Crippen LogP contribution in [-0.2, 0) is 0 Å². The van der Waals surface area contributed by atoms with Crippen LogP contribution < -0.4 is 0 Å². The van der Waals surface area contributed by atoms with E-state index in [-0.39, 0.29) is 0 Å². The normalized spacial score (nSPS) is 20.1.